The van der Waals surface area contributed by atoms with E-state index in [1.54, 1.807) is 23.0 Å². The first kappa shape index (κ1) is 18.2. The summed E-state index contributed by atoms with van der Waals surface area (Å²) in [4.78, 5) is 10.3. The number of hydrazone groups is 1. The van der Waals surface area contributed by atoms with Crippen LogP contribution in [0.15, 0.2) is 59.7 Å². The molecule has 0 atom stereocenters. The average Bonchev–Trinajstić information content (AvgIpc) is 3.16. The topological polar surface area (TPSA) is 111 Å². The molecular weight excluding hydrogens is 346 g/mol. The summed E-state index contributed by atoms with van der Waals surface area (Å²) in [5, 5.41) is 26.7. The van der Waals surface area contributed by atoms with Gasteiger partial charge in [0.25, 0.3) is 5.69 Å². The van der Waals surface area contributed by atoms with Gasteiger partial charge < -0.3 is 5.43 Å². The molecule has 0 saturated heterocycles. The van der Waals surface area contributed by atoms with Crippen molar-refractivity contribution < 1.29 is 4.92 Å². The van der Waals surface area contributed by atoms with Gasteiger partial charge in [0.05, 0.1) is 16.8 Å². The van der Waals surface area contributed by atoms with Crippen LogP contribution in [0.5, 0.6) is 0 Å². The summed E-state index contributed by atoms with van der Waals surface area (Å²) >= 11 is 0. The molecule has 0 fully saturated rings. The van der Waals surface area contributed by atoms with Gasteiger partial charge in [-0.1, -0.05) is 30.3 Å². The molecule has 0 aliphatic rings. The van der Waals surface area contributed by atoms with Crippen molar-refractivity contribution in [2.75, 3.05) is 6.54 Å². The first-order valence-electron chi connectivity index (χ1n) is 8.57. The van der Waals surface area contributed by atoms with E-state index in [9.17, 15) is 10.1 Å². The molecule has 3 aromatic rings. The molecule has 0 spiro atoms. The molecule has 9 nitrogen and oxygen atoms in total. The van der Waals surface area contributed by atoms with Crippen molar-refractivity contribution in [2.45, 2.75) is 19.3 Å². The van der Waals surface area contributed by atoms with E-state index in [-0.39, 0.29) is 5.69 Å². The number of non-ortho nitro benzene ring substituents is 1. The highest BCUT2D eigenvalue weighted by Gasteiger charge is 2.07. The molecule has 0 aliphatic heterocycles. The van der Waals surface area contributed by atoms with Crippen LogP contribution in [0.4, 0.5) is 5.69 Å². The van der Waals surface area contributed by atoms with E-state index in [2.05, 4.69) is 26.1 Å². The Morgan fingerprint density at radius 3 is 2.81 bits per heavy atom. The number of tetrazole rings is 1. The number of benzene rings is 2. The fourth-order valence-electron chi connectivity index (χ4n) is 2.52. The highest BCUT2D eigenvalue weighted by atomic mass is 16.6. The van der Waals surface area contributed by atoms with E-state index in [1.807, 2.05) is 30.3 Å². The van der Waals surface area contributed by atoms with Gasteiger partial charge in [0.1, 0.15) is 0 Å². The third kappa shape index (κ3) is 5.18. The third-order valence-electron chi connectivity index (χ3n) is 3.86. The summed E-state index contributed by atoms with van der Waals surface area (Å²) in [7, 11) is 0. The number of nitro benzene ring substituents is 1. The summed E-state index contributed by atoms with van der Waals surface area (Å²) in [6, 6.07) is 16.1. The molecule has 1 aromatic heterocycles. The number of aromatic nitrogens is 4. The second kappa shape index (κ2) is 9.18. The standard InChI is InChI=1S/C18H19N7O2/c26-25(27)17-10-6-7-15(13-17)14-20-19-12-5-4-11-18-21-22-23-24(18)16-8-2-1-3-9-16/h1-3,6-10,13-14,19H,4-5,11-12H2/b20-14+. The quantitative estimate of drug-likeness (QED) is 0.270. The summed E-state index contributed by atoms with van der Waals surface area (Å²) in [6.07, 6.45) is 4.14. The molecule has 3 rings (SSSR count). The van der Waals surface area contributed by atoms with Crippen molar-refractivity contribution in [3.63, 3.8) is 0 Å². The first-order chi connectivity index (χ1) is 13.2. The number of hydrogen-bond donors (Lipinski definition) is 1. The van der Waals surface area contributed by atoms with Crippen molar-refractivity contribution in [3.05, 3.63) is 76.1 Å². The Hall–Kier alpha value is -3.62. The van der Waals surface area contributed by atoms with Gasteiger partial charge in [-0.3, -0.25) is 10.1 Å². The molecule has 9 heteroatoms. The maximum absolute atomic E-state index is 10.7. The molecule has 27 heavy (non-hydrogen) atoms. The molecule has 0 aliphatic carbocycles. The molecule has 138 valence electrons. The minimum atomic E-state index is -0.423. The second-order valence-electron chi connectivity index (χ2n) is 5.82. The van der Waals surface area contributed by atoms with Crippen LogP contribution < -0.4 is 5.43 Å². The third-order valence-corrected chi connectivity index (χ3v) is 3.86. The van der Waals surface area contributed by atoms with Crippen molar-refractivity contribution in [1.82, 2.24) is 25.6 Å². The van der Waals surface area contributed by atoms with Crippen LogP contribution in [0.25, 0.3) is 5.69 Å². The molecule has 0 radical (unpaired) electrons. The Morgan fingerprint density at radius 1 is 1.15 bits per heavy atom. The summed E-state index contributed by atoms with van der Waals surface area (Å²) in [5.74, 6) is 0.821. The van der Waals surface area contributed by atoms with Crippen molar-refractivity contribution >= 4 is 11.9 Å². The van der Waals surface area contributed by atoms with Crippen molar-refractivity contribution in [1.29, 1.82) is 0 Å². The highest BCUT2D eigenvalue weighted by molar-refractivity contribution is 5.80. The number of para-hydroxylation sites is 1. The second-order valence-corrected chi connectivity index (χ2v) is 5.82. The van der Waals surface area contributed by atoms with Gasteiger partial charge in [0.15, 0.2) is 5.82 Å². The van der Waals surface area contributed by atoms with Crippen LogP contribution in [0.1, 0.15) is 24.2 Å². The van der Waals surface area contributed by atoms with E-state index in [0.717, 1.165) is 30.8 Å². The molecule has 1 N–H and O–H groups in total. The van der Waals surface area contributed by atoms with Gasteiger partial charge in [-0.15, -0.1) is 5.10 Å². The van der Waals surface area contributed by atoms with Crippen LogP contribution in [-0.4, -0.2) is 37.9 Å². The summed E-state index contributed by atoms with van der Waals surface area (Å²) in [6.45, 7) is 0.693. The number of rotatable bonds is 9. The van der Waals surface area contributed by atoms with Gasteiger partial charge in [-0.05, 0) is 35.4 Å². The number of nitro groups is 1. The lowest BCUT2D eigenvalue weighted by Crippen LogP contribution is -2.09. The van der Waals surface area contributed by atoms with Crippen LogP contribution in [0.2, 0.25) is 0 Å². The zero-order valence-electron chi connectivity index (χ0n) is 14.6. The lowest BCUT2D eigenvalue weighted by molar-refractivity contribution is -0.384. The lowest BCUT2D eigenvalue weighted by Gasteiger charge is -2.04. The molecule has 2 aromatic carbocycles. The maximum atomic E-state index is 10.7. The van der Waals surface area contributed by atoms with Crippen LogP contribution in [-0.2, 0) is 6.42 Å². The van der Waals surface area contributed by atoms with Crippen LogP contribution in [0, 0.1) is 10.1 Å². The Morgan fingerprint density at radius 2 is 2.00 bits per heavy atom. The number of unbranched alkanes of at least 4 members (excludes halogenated alkanes) is 1. The molecular formula is C18H19N7O2. The lowest BCUT2D eigenvalue weighted by atomic mass is 10.2. The molecule has 1 heterocycles. The van der Waals surface area contributed by atoms with E-state index < -0.39 is 4.92 Å². The molecule has 0 saturated carbocycles. The summed E-state index contributed by atoms with van der Waals surface area (Å²) < 4.78 is 1.74. The Balaban J connectivity index is 1.41. The summed E-state index contributed by atoms with van der Waals surface area (Å²) in [5.41, 5.74) is 4.62. The number of aryl methyl sites for hydroxylation is 1. The van der Waals surface area contributed by atoms with Gasteiger partial charge >= 0.3 is 0 Å². The van der Waals surface area contributed by atoms with Gasteiger partial charge in [0.2, 0.25) is 0 Å². The zero-order valence-corrected chi connectivity index (χ0v) is 14.6. The zero-order chi connectivity index (χ0) is 18.9. The fourth-order valence-corrected chi connectivity index (χ4v) is 2.52. The number of hydrogen-bond acceptors (Lipinski definition) is 7. The van der Waals surface area contributed by atoms with E-state index in [4.69, 9.17) is 0 Å². The van der Waals surface area contributed by atoms with E-state index in [1.165, 1.54) is 12.1 Å². The van der Waals surface area contributed by atoms with E-state index >= 15 is 0 Å². The van der Waals surface area contributed by atoms with Gasteiger partial charge in [-0.25, -0.2) is 0 Å². The van der Waals surface area contributed by atoms with Gasteiger partial charge in [0, 0.05) is 30.7 Å². The van der Waals surface area contributed by atoms with Crippen molar-refractivity contribution in [3.8, 4) is 5.69 Å². The molecule has 0 unspecified atom stereocenters. The van der Waals surface area contributed by atoms with E-state index in [0.29, 0.717) is 12.1 Å². The molecule has 0 amide bonds. The van der Waals surface area contributed by atoms with Gasteiger partial charge in [-0.2, -0.15) is 9.78 Å². The highest BCUT2D eigenvalue weighted by Crippen LogP contribution is 2.11. The number of nitrogens with zero attached hydrogens (tertiary/aromatic N) is 6. The number of nitrogens with one attached hydrogen (secondary N) is 1. The smallest absolute Gasteiger partial charge is 0.270 e. The maximum Gasteiger partial charge on any atom is 0.270 e. The SMILES string of the molecule is O=[N+]([O-])c1cccc(/C=N/NCCCCc2nnnn2-c2ccccc2)c1. The normalized spacial score (nSPS) is 11.0. The predicted molar refractivity (Wildman–Crippen MR) is 101 cm³/mol. The Kier molecular flexibility index (Phi) is 6.18. The minimum Gasteiger partial charge on any atom is -0.310 e. The first-order valence-corrected chi connectivity index (χ1v) is 8.57. The van der Waals surface area contributed by atoms with Crippen molar-refractivity contribution in [2.24, 2.45) is 5.10 Å². The largest absolute Gasteiger partial charge is 0.310 e. The van der Waals surface area contributed by atoms with Crippen LogP contribution in [0.3, 0.4) is 0 Å². The molecule has 0 bridgehead atoms. The monoisotopic (exact) mass is 365 g/mol. The Labute approximate surface area is 155 Å². The average molecular weight is 365 g/mol. The minimum absolute atomic E-state index is 0.0510. The Bertz CT molecular complexity index is 909. The van der Waals surface area contributed by atoms with Crippen LogP contribution >= 0.6 is 0 Å². The fraction of sp³-hybridized carbons (Fsp3) is 0.222. The predicted octanol–water partition coefficient (Wildman–Crippen LogP) is 2.52.